The summed E-state index contributed by atoms with van der Waals surface area (Å²) in [5, 5.41) is 14.0. The largest absolute Gasteiger partial charge is 0.497 e. The van der Waals surface area contributed by atoms with Gasteiger partial charge in [-0.25, -0.2) is 0 Å². The molecule has 0 fully saturated rings. The molecule has 4 aromatic carbocycles. The summed E-state index contributed by atoms with van der Waals surface area (Å²) in [6, 6.07) is 24.8. The van der Waals surface area contributed by atoms with Crippen molar-refractivity contribution >= 4 is 10.8 Å². The van der Waals surface area contributed by atoms with Gasteiger partial charge < -0.3 is 19.3 Å². The monoisotopic (exact) mass is 384 g/mol. The first kappa shape index (κ1) is 17.6. The van der Waals surface area contributed by atoms with E-state index in [9.17, 15) is 5.11 Å². The van der Waals surface area contributed by atoms with E-state index in [0.29, 0.717) is 22.6 Å². The van der Waals surface area contributed by atoms with Crippen LogP contribution in [0.4, 0.5) is 0 Å². The number of aliphatic hydroxyl groups is 1. The van der Waals surface area contributed by atoms with Crippen molar-refractivity contribution < 1.29 is 19.3 Å². The molecule has 144 valence electrons. The molecule has 0 unspecified atom stereocenters. The highest BCUT2D eigenvalue weighted by Crippen LogP contribution is 2.52. The molecule has 1 aliphatic rings. The van der Waals surface area contributed by atoms with Crippen LogP contribution in [-0.2, 0) is 5.60 Å². The zero-order valence-electron chi connectivity index (χ0n) is 16.2. The standard InChI is InChI=1S/C25H20O4/c1-27-16-11-12-17-18(15-16)22(28-2)14-13-19(17)25(26)20-7-3-5-9-23(20)29-24-10-6-4-8-21(24)25/h3-15,26H,1-2H3. The second-order valence-corrected chi connectivity index (χ2v) is 7.03. The van der Waals surface area contributed by atoms with Crippen molar-refractivity contribution in [2.75, 3.05) is 14.2 Å². The lowest BCUT2D eigenvalue weighted by atomic mass is 9.76. The van der Waals surface area contributed by atoms with Gasteiger partial charge in [0.2, 0.25) is 0 Å². The topological polar surface area (TPSA) is 47.9 Å². The molecule has 4 aromatic rings. The zero-order chi connectivity index (χ0) is 20.0. The van der Waals surface area contributed by atoms with Gasteiger partial charge in [-0.3, -0.25) is 0 Å². The average Bonchev–Trinajstić information content (AvgIpc) is 2.78. The Morgan fingerprint density at radius 2 is 1.34 bits per heavy atom. The van der Waals surface area contributed by atoms with Gasteiger partial charge in [-0.1, -0.05) is 48.5 Å². The van der Waals surface area contributed by atoms with Gasteiger partial charge in [-0.05, 0) is 35.7 Å². The normalized spacial score (nSPS) is 13.9. The number of methoxy groups -OCH3 is 2. The fourth-order valence-electron chi connectivity index (χ4n) is 4.18. The molecule has 0 aliphatic carbocycles. The molecule has 1 N–H and O–H groups in total. The Morgan fingerprint density at radius 1 is 0.690 bits per heavy atom. The highest BCUT2D eigenvalue weighted by atomic mass is 16.5. The number of benzene rings is 4. The highest BCUT2D eigenvalue weighted by molar-refractivity contribution is 5.94. The van der Waals surface area contributed by atoms with Crippen LogP contribution in [0.5, 0.6) is 23.0 Å². The van der Waals surface area contributed by atoms with Crippen molar-refractivity contribution in [3.8, 4) is 23.0 Å². The van der Waals surface area contributed by atoms with E-state index in [2.05, 4.69) is 0 Å². The maximum atomic E-state index is 12.3. The molecule has 0 amide bonds. The summed E-state index contributed by atoms with van der Waals surface area (Å²) >= 11 is 0. The van der Waals surface area contributed by atoms with E-state index in [0.717, 1.165) is 27.8 Å². The van der Waals surface area contributed by atoms with Crippen molar-refractivity contribution in [1.29, 1.82) is 0 Å². The second-order valence-electron chi connectivity index (χ2n) is 7.03. The molecule has 5 rings (SSSR count). The summed E-state index contributed by atoms with van der Waals surface area (Å²) < 4.78 is 17.1. The van der Waals surface area contributed by atoms with E-state index in [1.807, 2.05) is 78.9 Å². The Hall–Kier alpha value is -3.50. The molecule has 0 atom stereocenters. The summed E-state index contributed by atoms with van der Waals surface area (Å²) in [7, 11) is 3.28. The fraction of sp³-hybridized carbons (Fsp3) is 0.120. The summed E-state index contributed by atoms with van der Waals surface area (Å²) in [5.41, 5.74) is 0.811. The Kier molecular flexibility index (Phi) is 3.96. The maximum absolute atomic E-state index is 12.3. The minimum absolute atomic E-state index is 0.645. The lowest BCUT2D eigenvalue weighted by Crippen LogP contribution is -2.32. The molecule has 0 aromatic heterocycles. The molecule has 0 bridgehead atoms. The maximum Gasteiger partial charge on any atom is 0.148 e. The van der Waals surface area contributed by atoms with E-state index in [-0.39, 0.29) is 0 Å². The lowest BCUT2D eigenvalue weighted by molar-refractivity contribution is 0.114. The van der Waals surface area contributed by atoms with Crippen LogP contribution in [-0.4, -0.2) is 19.3 Å². The molecule has 0 spiro atoms. The molecule has 4 nitrogen and oxygen atoms in total. The number of hydrogen-bond donors (Lipinski definition) is 1. The van der Waals surface area contributed by atoms with Crippen molar-refractivity contribution in [1.82, 2.24) is 0 Å². The lowest BCUT2D eigenvalue weighted by Gasteiger charge is -2.37. The van der Waals surface area contributed by atoms with Crippen molar-refractivity contribution in [3.05, 3.63) is 95.6 Å². The van der Waals surface area contributed by atoms with Crippen LogP contribution in [0, 0.1) is 0 Å². The predicted octanol–water partition coefficient (Wildman–Crippen LogP) is 5.25. The zero-order valence-corrected chi connectivity index (χ0v) is 16.2. The molecule has 1 heterocycles. The number of rotatable bonds is 3. The van der Waals surface area contributed by atoms with Gasteiger partial charge in [-0.2, -0.15) is 0 Å². The molecule has 4 heteroatoms. The van der Waals surface area contributed by atoms with Crippen molar-refractivity contribution in [2.24, 2.45) is 0 Å². The van der Waals surface area contributed by atoms with Crippen LogP contribution in [0.3, 0.4) is 0 Å². The van der Waals surface area contributed by atoms with Gasteiger partial charge in [0.05, 0.1) is 14.2 Å². The number of para-hydroxylation sites is 2. The Morgan fingerprint density at radius 3 is 1.97 bits per heavy atom. The van der Waals surface area contributed by atoms with Crippen LogP contribution >= 0.6 is 0 Å². The van der Waals surface area contributed by atoms with Crippen LogP contribution < -0.4 is 14.2 Å². The average molecular weight is 384 g/mol. The van der Waals surface area contributed by atoms with Crippen LogP contribution in [0.15, 0.2) is 78.9 Å². The minimum Gasteiger partial charge on any atom is -0.497 e. The molecule has 1 aliphatic heterocycles. The highest BCUT2D eigenvalue weighted by Gasteiger charge is 2.43. The Balaban J connectivity index is 1.88. The molecule has 0 saturated heterocycles. The fourth-order valence-corrected chi connectivity index (χ4v) is 4.18. The first-order valence-corrected chi connectivity index (χ1v) is 9.41. The predicted molar refractivity (Wildman–Crippen MR) is 112 cm³/mol. The summed E-state index contributed by atoms with van der Waals surface area (Å²) in [6.45, 7) is 0. The van der Waals surface area contributed by atoms with Crippen LogP contribution in [0.2, 0.25) is 0 Å². The van der Waals surface area contributed by atoms with Gasteiger partial charge in [0.15, 0.2) is 0 Å². The SMILES string of the molecule is COc1ccc2c(C3(O)c4ccccc4Oc4ccccc43)ccc(OC)c2c1. The molecule has 0 radical (unpaired) electrons. The van der Waals surface area contributed by atoms with E-state index >= 15 is 0 Å². The van der Waals surface area contributed by atoms with Crippen LogP contribution in [0.1, 0.15) is 16.7 Å². The first-order valence-electron chi connectivity index (χ1n) is 9.41. The number of fused-ring (bicyclic) bond motifs is 3. The summed E-state index contributed by atoms with van der Waals surface area (Å²) in [5.74, 6) is 2.74. The first-order chi connectivity index (χ1) is 14.2. The van der Waals surface area contributed by atoms with E-state index in [1.54, 1.807) is 14.2 Å². The molecular formula is C25H20O4. The number of ether oxygens (including phenoxy) is 3. The van der Waals surface area contributed by atoms with Gasteiger partial charge in [0.25, 0.3) is 0 Å². The molecule has 29 heavy (non-hydrogen) atoms. The van der Waals surface area contributed by atoms with Crippen molar-refractivity contribution in [3.63, 3.8) is 0 Å². The summed E-state index contributed by atoms with van der Waals surface area (Å²) in [4.78, 5) is 0. The van der Waals surface area contributed by atoms with Gasteiger partial charge in [0, 0.05) is 22.1 Å². The molecular weight excluding hydrogens is 364 g/mol. The second kappa shape index (κ2) is 6.54. The smallest absolute Gasteiger partial charge is 0.148 e. The van der Waals surface area contributed by atoms with Gasteiger partial charge in [0.1, 0.15) is 28.6 Å². The third-order valence-electron chi connectivity index (χ3n) is 5.57. The Bertz CT molecular complexity index is 1180. The minimum atomic E-state index is -1.37. The number of hydrogen-bond acceptors (Lipinski definition) is 4. The van der Waals surface area contributed by atoms with E-state index < -0.39 is 5.60 Å². The quantitative estimate of drug-likeness (QED) is 0.524. The molecule has 0 saturated carbocycles. The van der Waals surface area contributed by atoms with Crippen molar-refractivity contribution in [2.45, 2.75) is 5.60 Å². The van der Waals surface area contributed by atoms with Crippen LogP contribution in [0.25, 0.3) is 10.8 Å². The Labute approximate surface area is 168 Å². The third-order valence-corrected chi connectivity index (χ3v) is 5.57. The van der Waals surface area contributed by atoms with E-state index in [4.69, 9.17) is 14.2 Å². The summed E-state index contributed by atoms with van der Waals surface area (Å²) in [6.07, 6.45) is 0. The van der Waals surface area contributed by atoms with Gasteiger partial charge in [-0.15, -0.1) is 0 Å². The third kappa shape index (κ3) is 2.50. The van der Waals surface area contributed by atoms with E-state index in [1.165, 1.54) is 0 Å². The van der Waals surface area contributed by atoms with Gasteiger partial charge >= 0.3 is 0 Å².